The zero-order valence-electron chi connectivity index (χ0n) is 11.2. The van der Waals surface area contributed by atoms with Crippen LogP contribution >= 0.6 is 0 Å². The summed E-state index contributed by atoms with van der Waals surface area (Å²) in [5, 5.41) is 2.16. The first kappa shape index (κ1) is 13.4. The number of benzene rings is 2. The van der Waals surface area contributed by atoms with E-state index in [0.717, 1.165) is 22.2 Å². The first-order valence-corrected chi connectivity index (χ1v) is 6.20. The number of carbonyl (C=O) groups excluding carboxylic acids is 1. The molecule has 0 aliphatic heterocycles. The van der Waals surface area contributed by atoms with Crippen LogP contribution in [0.3, 0.4) is 0 Å². The number of nitrogens with two attached hydrogens (primary N) is 1. The molecule has 0 spiro atoms. The van der Waals surface area contributed by atoms with Crippen LogP contribution in [0, 0.1) is 0 Å². The molecule has 0 saturated carbocycles. The largest absolute Gasteiger partial charge is 0.497 e. The van der Waals surface area contributed by atoms with Gasteiger partial charge in [0.1, 0.15) is 5.75 Å². The molecule has 0 aromatic heterocycles. The van der Waals surface area contributed by atoms with E-state index in [9.17, 15) is 4.79 Å². The highest BCUT2D eigenvalue weighted by molar-refractivity contribution is 5.96. The first-order chi connectivity index (χ1) is 9.15. The van der Waals surface area contributed by atoms with Crippen molar-refractivity contribution in [1.29, 1.82) is 0 Å². The van der Waals surface area contributed by atoms with E-state index in [1.165, 1.54) is 0 Å². The lowest BCUT2D eigenvalue weighted by molar-refractivity contribution is -0.118. The van der Waals surface area contributed by atoms with Crippen LogP contribution in [0.4, 0.5) is 5.69 Å². The van der Waals surface area contributed by atoms with Gasteiger partial charge in [0, 0.05) is 25.7 Å². The van der Waals surface area contributed by atoms with E-state index < -0.39 is 0 Å². The third kappa shape index (κ3) is 2.85. The molecular formula is C15H18N2O2. The predicted molar refractivity (Wildman–Crippen MR) is 77.6 cm³/mol. The van der Waals surface area contributed by atoms with Gasteiger partial charge < -0.3 is 15.4 Å². The number of hydrogen-bond donors (Lipinski definition) is 1. The minimum Gasteiger partial charge on any atom is -0.497 e. The van der Waals surface area contributed by atoms with Gasteiger partial charge in [0.2, 0.25) is 5.91 Å². The van der Waals surface area contributed by atoms with Gasteiger partial charge in [-0.25, -0.2) is 0 Å². The Morgan fingerprint density at radius 1 is 1.21 bits per heavy atom. The second-order valence-corrected chi connectivity index (χ2v) is 4.39. The summed E-state index contributed by atoms with van der Waals surface area (Å²) in [5.74, 6) is 0.850. The Morgan fingerprint density at radius 3 is 2.58 bits per heavy atom. The summed E-state index contributed by atoms with van der Waals surface area (Å²) >= 11 is 0. The maximum absolute atomic E-state index is 11.8. The molecule has 0 fully saturated rings. The molecule has 100 valence electrons. The van der Waals surface area contributed by atoms with Crippen molar-refractivity contribution in [3.63, 3.8) is 0 Å². The van der Waals surface area contributed by atoms with Crippen LogP contribution in [0.2, 0.25) is 0 Å². The Labute approximate surface area is 112 Å². The van der Waals surface area contributed by atoms with Crippen LogP contribution < -0.4 is 15.4 Å². The summed E-state index contributed by atoms with van der Waals surface area (Å²) in [4.78, 5) is 13.4. The SMILES string of the molecule is COc1ccc2cc(N(C)C(=O)CCN)ccc2c1. The predicted octanol–water partition coefficient (Wildman–Crippen LogP) is 2.16. The molecule has 0 aliphatic carbocycles. The molecule has 2 aromatic carbocycles. The zero-order valence-corrected chi connectivity index (χ0v) is 11.2. The highest BCUT2D eigenvalue weighted by Gasteiger charge is 2.10. The third-order valence-corrected chi connectivity index (χ3v) is 3.15. The fraction of sp³-hybridized carbons (Fsp3) is 0.267. The van der Waals surface area contributed by atoms with Crippen LogP contribution in [-0.4, -0.2) is 26.6 Å². The molecule has 2 aromatic rings. The van der Waals surface area contributed by atoms with Crippen molar-refractivity contribution in [2.75, 3.05) is 25.6 Å². The summed E-state index contributed by atoms with van der Waals surface area (Å²) in [7, 11) is 3.41. The highest BCUT2D eigenvalue weighted by Crippen LogP contribution is 2.25. The smallest absolute Gasteiger partial charge is 0.227 e. The Morgan fingerprint density at radius 2 is 1.89 bits per heavy atom. The van der Waals surface area contributed by atoms with Gasteiger partial charge in [-0.2, -0.15) is 0 Å². The summed E-state index contributed by atoms with van der Waals surface area (Å²) in [5.41, 5.74) is 6.28. The van der Waals surface area contributed by atoms with Crippen molar-refractivity contribution in [2.24, 2.45) is 5.73 Å². The molecule has 19 heavy (non-hydrogen) atoms. The van der Waals surface area contributed by atoms with Crippen molar-refractivity contribution in [3.8, 4) is 5.75 Å². The minimum absolute atomic E-state index is 0.0235. The number of methoxy groups -OCH3 is 1. The van der Waals surface area contributed by atoms with Crippen LogP contribution in [0.25, 0.3) is 10.8 Å². The topological polar surface area (TPSA) is 55.6 Å². The number of hydrogen-bond acceptors (Lipinski definition) is 3. The molecule has 0 atom stereocenters. The van der Waals surface area contributed by atoms with Gasteiger partial charge in [0.25, 0.3) is 0 Å². The van der Waals surface area contributed by atoms with E-state index in [4.69, 9.17) is 10.5 Å². The maximum Gasteiger partial charge on any atom is 0.227 e. The number of amides is 1. The summed E-state index contributed by atoms with van der Waals surface area (Å²) in [6.07, 6.45) is 0.358. The molecule has 1 amide bonds. The van der Waals surface area contributed by atoms with Gasteiger partial charge in [-0.15, -0.1) is 0 Å². The van der Waals surface area contributed by atoms with Crippen molar-refractivity contribution >= 4 is 22.4 Å². The lowest BCUT2D eigenvalue weighted by Gasteiger charge is -2.17. The third-order valence-electron chi connectivity index (χ3n) is 3.15. The summed E-state index contributed by atoms with van der Waals surface area (Å²) < 4.78 is 5.19. The molecular weight excluding hydrogens is 240 g/mol. The van der Waals surface area contributed by atoms with E-state index >= 15 is 0 Å². The van der Waals surface area contributed by atoms with Crippen LogP contribution in [0.1, 0.15) is 6.42 Å². The monoisotopic (exact) mass is 258 g/mol. The quantitative estimate of drug-likeness (QED) is 0.914. The second kappa shape index (κ2) is 5.71. The van der Waals surface area contributed by atoms with Crippen LogP contribution in [-0.2, 0) is 4.79 Å². The second-order valence-electron chi connectivity index (χ2n) is 4.39. The molecule has 2 N–H and O–H groups in total. The van der Waals surface area contributed by atoms with Gasteiger partial charge in [-0.05, 0) is 35.0 Å². The highest BCUT2D eigenvalue weighted by atomic mass is 16.5. The fourth-order valence-electron chi connectivity index (χ4n) is 1.98. The molecule has 0 unspecified atom stereocenters. The van der Waals surface area contributed by atoms with E-state index in [0.29, 0.717) is 13.0 Å². The van der Waals surface area contributed by atoms with Crippen molar-refractivity contribution in [3.05, 3.63) is 36.4 Å². The Bertz CT molecular complexity index is 596. The lowest BCUT2D eigenvalue weighted by atomic mass is 10.1. The molecule has 2 rings (SSSR count). The minimum atomic E-state index is 0.0235. The number of fused-ring (bicyclic) bond motifs is 1. The lowest BCUT2D eigenvalue weighted by Crippen LogP contribution is -2.27. The zero-order chi connectivity index (χ0) is 13.8. The number of anilines is 1. The Hall–Kier alpha value is -2.07. The standard InChI is InChI=1S/C15H18N2O2/c1-17(15(18)7-8-16)13-5-3-12-10-14(19-2)6-4-11(12)9-13/h3-6,9-10H,7-8,16H2,1-2H3. The van der Waals surface area contributed by atoms with Gasteiger partial charge in [0.05, 0.1) is 7.11 Å². The van der Waals surface area contributed by atoms with E-state index in [1.54, 1.807) is 19.1 Å². The maximum atomic E-state index is 11.8. The van der Waals surface area contributed by atoms with E-state index in [-0.39, 0.29) is 5.91 Å². The fourth-order valence-corrected chi connectivity index (χ4v) is 1.98. The molecule has 0 aliphatic rings. The summed E-state index contributed by atoms with van der Waals surface area (Å²) in [6, 6.07) is 11.8. The normalized spacial score (nSPS) is 10.5. The van der Waals surface area contributed by atoms with Crippen LogP contribution in [0.15, 0.2) is 36.4 Å². The van der Waals surface area contributed by atoms with Gasteiger partial charge in [-0.1, -0.05) is 12.1 Å². The van der Waals surface area contributed by atoms with Crippen molar-refractivity contribution in [1.82, 2.24) is 0 Å². The number of nitrogens with zero attached hydrogens (tertiary/aromatic N) is 1. The number of rotatable bonds is 4. The van der Waals surface area contributed by atoms with Crippen LogP contribution in [0.5, 0.6) is 5.75 Å². The summed E-state index contributed by atoms with van der Waals surface area (Å²) in [6.45, 7) is 0.369. The number of carbonyl (C=O) groups is 1. The average Bonchev–Trinajstić information content (AvgIpc) is 2.45. The molecule has 0 heterocycles. The van der Waals surface area contributed by atoms with Crippen molar-refractivity contribution in [2.45, 2.75) is 6.42 Å². The molecule has 4 heteroatoms. The van der Waals surface area contributed by atoms with E-state index in [1.807, 2.05) is 36.4 Å². The average molecular weight is 258 g/mol. The van der Waals surface area contributed by atoms with E-state index in [2.05, 4.69) is 0 Å². The molecule has 4 nitrogen and oxygen atoms in total. The Balaban J connectivity index is 2.33. The first-order valence-electron chi connectivity index (χ1n) is 6.20. The Kier molecular flexibility index (Phi) is 4.02. The molecule has 0 saturated heterocycles. The number of ether oxygens (including phenoxy) is 1. The van der Waals surface area contributed by atoms with Gasteiger partial charge in [0.15, 0.2) is 0 Å². The molecule has 0 radical (unpaired) electrons. The molecule has 0 bridgehead atoms. The van der Waals surface area contributed by atoms with Gasteiger partial charge >= 0.3 is 0 Å². The van der Waals surface area contributed by atoms with Crippen molar-refractivity contribution < 1.29 is 9.53 Å². The van der Waals surface area contributed by atoms with Gasteiger partial charge in [-0.3, -0.25) is 4.79 Å².